The highest BCUT2D eigenvalue weighted by Crippen LogP contribution is 2.14. The molecule has 0 aliphatic carbocycles. The van der Waals surface area contributed by atoms with Gasteiger partial charge in [-0.1, -0.05) is 35.9 Å². The van der Waals surface area contributed by atoms with Crippen molar-refractivity contribution >= 4 is 41.5 Å². The van der Waals surface area contributed by atoms with Crippen LogP contribution >= 0.6 is 35.6 Å². The Labute approximate surface area is 187 Å². The van der Waals surface area contributed by atoms with Crippen molar-refractivity contribution in [2.24, 2.45) is 4.99 Å². The fraction of sp³-hybridized carbons (Fsp3) is 0.250. The van der Waals surface area contributed by atoms with Gasteiger partial charge in [-0.15, -0.1) is 24.0 Å². The molecule has 2 heterocycles. The van der Waals surface area contributed by atoms with Crippen molar-refractivity contribution in [1.82, 2.24) is 25.4 Å². The average Bonchev–Trinajstić information content (AvgIpc) is 3.02. The molecule has 28 heavy (non-hydrogen) atoms. The van der Waals surface area contributed by atoms with Crippen LogP contribution in [0, 0.1) is 13.8 Å². The van der Waals surface area contributed by atoms with Gasteiger partial charge in [0.1, 0.15) is 0 Å². The van der Waals surface area contributed by atoms with Gasteiger partial charge >= 0.3 is 0 Å². The minimum atomic E-state index is 0. The molecule has 2 N–H and O–H groups in total. The number of hydrogen-bond donors (Lipinski definition) is 2. The van der Waals surface area contributed by atoms with Crippen LogP contribution in [0.2, 0.25) is 5.02 Å². The molecular formula is C20H24ClIN6. The van der Waals surface area contributed by atoms with Gasteiger partial charge in [0.15, 0.2) is 11.8 Å². The standard InChI is InChI=1S/C20H23ClN6.HI/c1-14-10-15(2)27(26-14)19-9-8-16(11-23-19)12-24-20(22-3)25-13-17-6-4-5-7-18(17)21;/h4-11H,12-13H2,1-3H3,(H2,22,24,25);1H. The highest BCUT2D eigenvalue weighted by atomic mass is 127. The largest absolute Gasteiger partial charge is 0.352 e. The molecule has 3 rings (SSSR count). The summed E-state index contributed by atoms with van der Waals surface area (Å²) in [5.41, 5.74) is 4.13. The molecule has 0 bridgehead atoms. The Morgan fingerprint density at radius 1 is 1.11 bits per heavy atom. The van der Waals surface area contributed by atoms with E-state index in [-0.39, 0.29) is 24.0 Å². The first-order chi connectivity index (χ1) is 13.1. The van der Waals surface area contributed by atoms with Gasteiger partial charge in [0.05, 0.1) is 5.69 Å². The molecule has 0 unspecified atom stereocenters. The third-order valence-electron chi connectivity index (χ3n) is 4.12. The van der Waals surface area contributed by atoms with E-state index >= 15 is 0 Å². The maximum absolute atomic E-state index is 6.19. The Morgan fingerprint density at radius 2 is 1.86 bits per heavy atom. The number of hydrogen-bond acceptors (Lipinski definition) is 3. The minimum Gasteiger partial charge on any atom is -0.352 e. The Hall–Kier alpha value is -2.13. The summed E-state index contributed by atoms with van der Waals surface area (Å²) < 4.78 is 1.84. The zero-order chi connectivity index (χ0) is 19.2. The Balaban J connectivity index is 0.00000280. The normalized spacial score (nSPS) is 11.1. The zero-order valence-electron chi connectivity index (χ0n) is 16.1. The number of benzene rings is 1. The highest BCUT2D eigenvalue weighted by molar-refractivity contribution is 14.0. The Bertz CT molecular complexity index is 936. The van der Waals surface area contributed by atoms with Gasteiger partial charge in [0, 0.05) is 37.1 Å². The molecule has 0 aliphatic rings. The number of rotatable bonds is 5. The van der Waals surface area contributed by atoms with Crippen LogP contribution in [0.4, 0.5) is 0 Å². The number of halogens is 2. The van der Waals surface area contributed by atoms with Crippen LogP contribution in [0.25, 0.3) is 5.82 Å². The highest BCUT2D eigenvalue weighted by Gasteiger charge is 2.06. The maximum Gasteiger partial charge on any atom is 0.191 e. The van der Waals surface area contributed by atoms with Gasteiger partial charge < -0.3 is 10.6 Å². The van der Waals surface area contributed by atoms with Crippen molar-refractivity contribution in [3.05, 3.63) is 76.2 Å². The van der Waals surface area contributed by atoms with Crippen LogP contribution < -0.4 is 10.6 Å². The van der Waals surface area contributed by atoms with E-state index in [9.17, 15) is 0 Å². The lowest BCUT2D eigenvalue weighted by Gasteiger charge is -2.13. The van der Waals surface area contributed by atoms with Crippen molar-refractivity contribution in [2.45, 2.75) is 26.9 Å². The van der Waals surface area contributed by atoms with Crippen molar-refractivity contribution in [1.29, 1.82) is 0 Å². The van der Waals surface area contributed by atoms with Gasteiger partial charge in [0.25, 0.3) is 0 Å². The van der Waals surface area contributed by atoms with E-state index in [1.165, 1.54) is 0 Å². The van der Waals surface area contributed by atoms with Gasteiger partial charge in [0.2, 0.25) is 0 Å². The third-order valence-corrected chi connectivity index (χ3v) is 4.49. The number of aryl methyl sites for hydroxylation is 2. The van der Waals surface area contributed by atoms with Crippen molar-refractivity contribution in [2.75, 3.05) is 7.05 Å². The van der Waals surface area contributed by atoms with E-state index in [2.05, 4.69) is 25.7 Å². The van der Waals surface area contributed by atoms with E-state index < -0.39 is 0 Å². The molecule has 148 valence electrons. The number of aromatic nitrogens is 3. The van der Waals surface area contributed by atoms with Gasteiger partial charge in [-0.25, -0.2) is 9.67 Å². The molecule has 0 radical (unpaired) electrons. The molecular weight excluding hydrogens is 487 g/mol. The minimum absolute atomic E-state index is 0. The lowest BCUT2D eigenvalue weighted by atomic mass is 10.2. The molecule has 0 spiro atoms. The maximum atomic E-state index is 6.19. The van der Waals surface area contributed by atoms with Crippen molar-refractivity contribution in [3.63, 3.8) is 0 Å². The molecule has 0 aliphatic heterocycles. The summed E-state index contributed by atoms with van der Waals surface area (Å²) in [4.78, 5) is 8.76. The van der Waals surface area contributed by atoms with E-state index in [4.69, 9.17) is 11.6 Å². The van der Waals surface area contributed by atoms with Crippen LogP contribution in [0.15, 0.2) is 53.7 Å². The summed E-state index contributed by atoms with van der Waals surface area (Å²) in [5, 5.41) is 11.7. The van der Waals surface area contributed by atoms with Crippen LogP contribution in [0.1, 0.15) is 22.5 Å². The predicted octanol–water partition coefficient (Wildman–Crippen LogP) is 4.02. The SMILES string of the molecule is CN=C(NCc1ccc(-n2nc(C)cc2C)nc1)NCc1ccccc1Cl.I. The lowest BCUT2D eigenvalue weighted by molar-refractivity contribution is 0.790. The predicted molar refractivity (Wildman–Crippen MR) is 125 cm³/mol. The molecule has 6 nitrogen and oxygen atoms in total. The molecule has 3 aromatic rings. The van der Waals surface area contributed by atoms with Crippen molar-refractivity contribution < 1.29 is 0 Å². The van der Waals surface area contributed by atoms with Gasteiger partial charge in [-0.05, 0) is 43.2 Å². The monoisotopic (exact) mass is 510 g/mol. The second-order valence-corrected chi connectivity index (χ2v) is 6.64. The van der Waals surface area contributed by atoms with Crippen LogP contribution in [-0.2, 0) is 13.1 Å². The zero-order valence-corrected chi connectivity index (χ0v) is 19.2. The molecule has 0 amide bonds. The van der Waals surface area contributed by atoms with Crippen LogP contribution in [-0.4, -0.2) is 27.8 Å². The topological polar surface area (TPSA) is 67.1 Å². The van der Waals surface area contributed by atoms with Gasteiger partial charge in [-0.2, -0.15) is 5.10 Å². The molecule has 1 aromatic carbocycles. The Morgan fingerprint density at radius 3 is 2.46 bits per heavy atom. The van der Waals surface area contributed by atoms with Crippen LogP contribution in [0.3, 0.4) is 0 Å². The lowest BCUT2D eigenvalue weighted by Crippen LogP contribution is -2.36. The number of guanidine groups is 1. The van der Waals surface area contributed by atoms with Gasteiger partial charge in [-0.3, -0.25) is 4.99 Å². The van der Waals surface area contributed by atoms with E-state index in [0.29, 0.717) is 19.0 Å². The summed E-state index contributed by atoms with van der Waals surface area (Å²) in [5.74, 6) is 1.52. The summed E-state index contributed by atoms with van der Waals surface area (Å²) in [6.07, 6.45) is 1.85. The van der Waals surface area contributed by atoms with Crippen LogP contribution in [0.5, 0.6) is 0 Å². The molecule has 0 saturated carbocycles. The average molecular weight is 511 g/mol. The number of aliphatic imine (C=N–C) groups is 1. The van der Waals surface area contributed by atoms with E-state index in [0.717, 1.165) is 33.4 Å². The smallest absolute Gasteiger partial charge is 0.191 e. The molecule has 2 aromatic heterocycles. The fourth-order valence-corrected chi connectivity index (χ4v) is 2.94. The first-order valence-electron chi connectivity index (χ1n) is 8.73. The summed E-state index contributed by atoms with van der Waals surface area (Å²) >= 11 is 6.19. The third kappa shape index (κ3) is 5.68. The summed E-state index contributed by atoms with van der Waals surface area (Å²) in [7, 11) is 1.74. The number of pyridine rings is 1. The summed E-state index contributed by atoms with van der Waals surface area (Å²) in [6, 6.07) is 13.8. The van der Waals surface area contributed by atoms with E-state index in [1.807, 2.05) is 67.2 Å². The van der Waals surface area contributed by atoms with E-state index in [1.54, 1.807) is 7.05 Å². The molecule has 0 fully saturated rings. The molecule has 0 atom stereocenters. The fourth-order valence-electron chi connectivity index (χ4n) is 2.73. The first kappa shape index (κ1) is 22.2. The second kappa shape index (κ2) is 10.4. The van der Waals surface area contributed by atoms with Crippen molar-refractivity contribution in [3.8, 4) is 5.82 Å². The summed E-state index contributed by atoms with van der Waals surface area (Å²) in [6.45, 7) is 5.22. The quantitative estimate of drug-likeness (QED) is 0.309. The molecule has 0 saturated heterocycles. The number of nitrogens with one attached hydrogen (secondary N) is 2. The first-order valence-corrected chi connectivity index (χ1v) is 9.11. The number of nitrogens with zero attached hydrogens (tertiary/aromatic N) is 4. The molecule has 8 heteroatoms. The Kier molecular flexibility index (Phi) is 8.25. The second-order valence-electron chi connectivity index (χ2n) is 6.23.